The van der Waals surface area contributed by atoms with Crippen molar-refractivity contribution in [1.82, 2.24) is 0 Å². The Morgan fingerprint density at radius 3 is 2.50 bits per heavy atom. The van der Waals surface area contributed by atoms with Crippen LogP contribution in [0, 0.1) is 5.92 Å². The van der Waals surface area contributed by atoms with Gasteiger partial charge in [-0.1, -0.05) is 19.1 Å². The molecule has 76 valence electrons. The van der Waals surface area contributed by atoms with Crippen molar-refractivity contribution < 1.29 is 5.11 Å². The van der Waals surface area contributed by atoms with E-state index in [9.17, 15) is 0 Å². The normalized spacial score (nSPS) is 30.4. The van der Waals surface area contributed by atoms with E-state index in [2.05, 4.69) is 37.4 Å². The molecule has 2 atom stereocenters. The fraction of sp³-hybridized carbons (Fsp3) is 0.500. The molecule has 1 nitrogen and oxygen atoms in total. The van der Waals surface area contributed by atoms with Crippen molar-refractivity contribution in [2.24, 2.45) is 5.92 Å². The van der Waals surface area contributed by atoms with Crippen LogP contribution < -0.4 is 0 Å². The lowest BCUT2D eigenvalue weighted by Crippen LogP contribution is -2.06. The van der Waals surface area contributed by atoms with Gasteiger partial charge in [0.1, 0.15) is 0 Å². The summed E-state index contributed by atoms with van der Waals surface area (Å²) < 4.78 is 0. The third kappa shape index (κ3) is 1.57. The van der Waals surface area contributed by atoms with E-state index in [0.29, 0.717) is 12.5 Å². The summed E-state index contributed by atoms with van der Waals surface area (Å²) in [5.41, 5.74) is 1.61. The first-order chi connectivity index (χ1) is 6.70. The van der Waals surface area contributed by atoms with Gasteiger partial charge >= 0.3 is 0 Å². The molecule has 0 radical (unpaired) electrons. The van der Waals surface area contributed by atoms with Gasteiger partial charge in [-0.3, -0.25) is 0 Å². The van der Waals surface area contributed by atoms with Crippen molar-refractivity contribution >= 4 is 11.8 Å². The minimum absolute atomic E-state index is 0.242. The highest BCUT2D eigenvalue weighted by Crippen LogP contribution is 2.53. The highest BCUT2D eigenvalue weighted by Gasteiger charge is 2.50. The number of thioether (sulfide) groups is 1. The Kier molecular flexibility index (Phi) is 2.58. The average Bonchev–Trinajstić information content (AvgIpc) is 2.91. The zero-order chi connectivity index (χ0) is 10.2. The maximum absolute atomic E-state index is 9.10. The quantitative estimate of drug-likeness (QED) is 0.771. The Balaban J connectivity index is 2.18. The molecule has 0 aromatic heterocycles. The lowest BCUT2D eigenvalue weighted by atomic mass is 9.96. The van der Waals surface area contributed by atoms with Gasteiger partial charge in [-0.05, 0) is 41.7 Å². The number of rotatable bonds is 3. The van der Waals surface area contributed by atoms with Gasteiger partial charge in [-0.15, -0.1) is 11.8 Å². The summed E-state index contributed by atoms with van der Waals surface area (Å²) >= 11 is 1.77. The van der Waals surface area contributed by atoms with Gasteiger partial charge in [0.15, 0.2) is 0 Å². The highest BCUT2D eigenvalue weighted by atomic mass is 32.2. The second-order valence-electron chi connectivity index (χ2n) is 4.23. The van der Waals surface area contributed by atoms with Crippen LogP contribution in [-0.4, -0.2) is 18.0 Å². The van der Waals surface area contributed by atoms with Crippen molar-refractivity contribution in [3.8, 4) is 0 Å². The van der Waals surface area contributed by atoms with E-state index in [0.717, 1.165) is 6.42 Å². The fourth-order valence-corrected chi connectivity index (χ4v) is 2.45. The minimum atomic E-state index is 0.242. The molecular weight excluding hydrogens is 192 g/mol. The van der Waals surface area contributed by atoms with E-state index >= 15 is 0 Å². The Morgan fingerprint density at radius 1 is 1.43 bits per heavy atom. The van der Waals surface area contributed by atoms with Gasteiger partial charge in [0.25, 0.3) is 0 Å². The molecule has 1 N–H and O–H groups in total. The number of benzene rings is 1. The highest BCUT2D eigenvalue weighted by molar-refractivity contribution is 7.98. The van der Waals surface area contributed by atoms with Crippen LogP contribution >= 0.6 is 11.8 Å². The summed E-state index contributed by atoms with van der Waals surface area (Å²) in [7, 11) is 0. The van der Waals surface area contributed by atoms with Gasteiger partial charge < -0.3 is 5.11 Å². The molecule has 2 rings (SSSR count). The first-order valence-corrected chi connectivity index (χ1v) is 6.18. The first-order valence-electron chi connectivity index (χ1n) is 4.96. The molecule has 1 saturated carbocycles. The molecule has 0 aliphatic heterocycles. The maximum atomic E-state index is 9.10. The predicted molar refractivity (Wildman–Crippen MR) is 60.8 cm³/mol. The SMILES string of the molecule is CSc1ccc(C2(C)CC2CO)cc1. The Bertz CT molecular complexity index is 320. The van der Waals surface area contributed by atoms with Crippen LogP contribution in [0.3, 0.4) is 0 Å². The molecule has 0 saturated heterocycles. The van der Waals surface area contributed by atoms with Crippen LogP contribution in [0.1, 0.15) is 18.9 Å². The maximum Gasteiger partial charge on any atom is 0.0468 e. The molecule has 1 aromatic rings. The van der Waals surface area contributed by atoms with Crippen molar-refractivity contribution in [1.29, 1.82) is 0 Å². The molecular formula is C12H16OS. The number of aliphatic hydroxyl groups excluding tert-OH is 1. The number of aliphatic hydroxyl groups is 1. The molecule has 1 aliphatic rings. The first kappa shape index (κ1) is 10.1. The number of hydrogen-bond donors (Lipinski definition) is 1. The summed E-state index contributed by atoms with van der Waals surface area (Å²) in [6, 6.07) is 8.72. The topological polar surface area (TPSA) is 20.2 Å². The summed E-state index contributed by atoms with van der Waals surface area (Å²) in [5.74, 6) is 0.475. The average molecular weight is 208 g/mol. The van der Waals surface area contributed by atoms with Crippen LogP contribution in [0.2, 0.25) is 0 Å². The lowest BCUT2D eigenvalue weighted by Gasteiger charge is -2.11. The monoisotopic (exact) mass is 208 g/mol. The zero-order valence-electron chi connectivity index (χ0n) is 8.66. The summed E-state index contributed by atoms with van der Waals surface area (Å²) in [6.45, 7) is 2.56. The molecule has 0 bridgehead atoms. The summed E-state index contributed by atoms with van der Waals surface area (Å²) in [4.78, 5) is 1.30. The molecule has 2 unspecified atom stereocenters. The van der Waals surface area contributed by atoms with Crippen molar-refractivity contribution in [2.45, 2.75) is 23.7 Å². The third-order valence-electron chi connectivity index (χ3n) is 3.38. The van der Waals surface area contributed by atoms with Gasteiger partial charge in [0, 0.05) is 11.5 Å². The van der Waals surface area contributed by atoms with Crippen molar-refractivity contribution in [2.75, 3.05) is 12.9 Å². The molecule has 0 amide bonds. The van der Waals surface area contributed by atoms with Gasteiger partial charge in [-0.2, -0.15) is 0 Å². The van der Waals surface area contributed by atoms with Crippen LogP contribution in [0.4, 0.5) is 0 Å². The molecule has 2 heteroatoms. The fourth-order valence-electron chi connectivity index (χ4n) is 2.04. The van der Waals surface area contributed by atoms with Gasteiger partial charge in [0.2, 0.25) is 0 Å². The summed E-state index contributed by atoms with van der Waals surface area (Å²) in [6.07, 6.45) is 3.21. The molecule has 0 heterocycles. The van der Waals surface area contributed by atoms with E-state index in [1.54, 1.807) is 11.8 Å². The Morgan fingerprint density at radius 2 is 2.07 bits per heavy atom. The molecule has 1 aliphatic carbocycles. The van der Waals surface area contributed by atoms with Crippen LogP contribution in [0.25, 0.3) is 0 Å². The Hall–Kier alpha value is -0.470. The number of hydrogen-bond acceptors (Lipinski definition) is 2. The smallest absolute Gasteiger partial charge is 0.0468 e. The van der Waals surface area contributed by atoms with E-state index in [1.807, 2.05) is 0 Å². The van der Waals surface area contributed by atoms with Crippen molar-refractivity contribution in [3.63, 3.8) is 0 Å². The molecule has 0 spiro atoms. The van der Waals surface area contributed by atoms with Crippen LogP contribution in [0.5, 0.6) is 0 Å². The van der Waals surface area contributed by atoms with Gasteiger partial charge in [0.05, 0.1) is 0 Å². The predicted octanol–water partition coefficient (Wildman–Crippen LogP) is 2.68. The van der Waals surface area contributed by atoms with E-state index < -0.39 is 0 Å². The molecule has 14 heavy (non-hydrogen) atoms. The Labute approximate surface area is 89.5 Å². The van der Waals surface area contributed by atoms with E-state index in [1.165, 1.54) is 10.5 Å². The molecule has 1 fully saturated rings. The zero-order valence-corrected chi connectivity index (χ0v) is 9.47. The van der Waals surface area contributed by atoms with E-state index in [4.69, 9.17) is 5.11 Å². The van der Waals surface area contributed by atoms with Crippen LogP contribution in [-0.2, 0) is 5.41 Å². The van der Waals surface area contributed by atoms with Gasteiger partial charge in [-0.25, -0.2) is 0 Å². The van der Waals surface area contributed by atoms with E-state index in [-0.39, 0.29) is 5.41 Å². The summed E-state index contributed by atoms with van der Waals surface area (Å²) in [5, 5.41) is 9.10. The third-order valence-corrected chi connectivity index (χ3v) is 4.12. The molecule has 1 aromatic carbocycles. The largest absolute Gasteiger partial charge is 0.396 e. The lowest BCUT2D eigenvalue weighted by molar-refractivity contribution is 0.265. The van der Waals surface area contributed by atoms with Crippen molar-refractivity contribution in [3.05, 3.63) is 29.8 Å². The van der Waals surface area contributed by atoms with Crippen LogP contribution in [0.15, 0.2) is 29.2 Å². The second-order valence-corrected chi connectivity index (χ2v) is 5.11. The standard InChI is InChI=1S/C12H16OS/c1-12(7-10(12)8-13)9-3-5-11(14-2)6-4-9/h3-6,10,13H,7-8H2,1-2H3. The minimum Gasteiger partial charge on any atom is -0.396 e. The second kappa shape index (κ2) is 3.59.